The first-order valence-corrected chi connectivity index (χ1v) is 10.1. The van der Waals surface area contributed by atoms with Gasteiger partial charge in [-0.3, -0.25) is 4.98 Å². The van der Waals surface area contributed by atoms with Gasteiger partial charge in [-0.05, 0) is 81.0 Å². The molecule has 1 aliphatic heterocycles. The summed E-state index contributed by atoms with van der Waals surface area (Å²) in [6.45, 7) is 7.30. The lowest BCUT2D eigenvalue weighted by Crippen LogP contribution is -2.43. The molecule has 3 nitrogen and oxygen atoms in total. The quantitative estimate of drug-likeness (QED) is 0.524. The van der Waals surface area contributed by atoms with Crippen molar-refractivity contribution in [3.63, 3.8) is 0 Å². The number of anilines is 1. The van der Waals surface area contributed by atoms with Crippen molar-refractivity contribution in [1.82, 2.24) is 10.3 Å². The molecule has 1 unspecified atom stereocenters. The van der Waals surface area contributed by atoms with E-state index in [4.69, 9.17) is 0 Å². The molecular formula is C21H28F2N3P. The fourth-order valence-electron chi connectivity index (χ4n) is 3.52. The Morgan fingerprint density at radius 3 is 2.59 bits per heavy atom. The SMILES string of the molecule is C=C/C(=C\C=C(/C)C(F)(F)P)N(c1cnccc1C1CC1)C1CCNCC1. The van der Waals surface area contributed by atoms with Crippen LogP contribution in [0.2, 0.25) is 0 Å². The van der Waals surface area contributed by atoms with E-state index in [0.29, 0.717) is 12.0 Å². The Labute approximate surface area is 162 Å². The molecule has 1 saturated carbocycles. The molecule has 27 heavy (non-hydrogen) atoms. The molecule has 1 aliphatic carbocycles. The number of allylic oxidation sites excluding steroid dienone is 4. The van der Waals surface area contributed by atoms with E-state index in [1.807, 2.05) is 12.4 Å². The molecule has 1 aromatic rings. The maximum absolute atomic E-state index is 13.5. The highest BCUT2D eigenvalue weighted by atomic mass is 31.0. The van der Waals surface area contributed by atoms with Crippen molar-refractivity contribution < 1.29 is 8.78 Å². The maximum Gasteiger partial charge on any atom is 0.280 e. The molecule has 1 N–H and O–H groups in total. The highest BCUT2D eigenvalue weighted by molar-refractivity contribution is 7.18. The summed E-state index contributed by atoms with van der Waals surface area (Å²) in [7, 11) is 1.59. The lowest BCUT2D eigenvalue weighted by Gasteiger charge is -2.38. The Bertz CT molecular complexity index is 729. The minimum absolute atomic E-state index is 0.00529. The summed E-state index contributed by atoms with van der Waals surface area (Å²) in [4.78, 5) is 6.63. The van der Waals surface area contributed by atoms with Crippen molar-refractivity contribution in [3.05, 3.63) is 60.1 Å². The first-order valence-electron chi connectivity index (χ1n) is 9.54. The average Bonchev–Trinajstić information content (AvgIpc) is 3.50. The summed E-state index contributed by atoms with van der Waals surface area (Å²) in [6, 6.07) is 2.39. The molecule has 2 fully saturated rings. The third-order valence-electron chi connectivity index (χ3n) is 5.30. The van der Waals surface area contributed by atoms with Crippen LogP contribution in [0.1, 0.15) is 44.1 Å². The Morgan fingerprint density at radius 2 is 2.00 bits per heavy atom. The molecule has 0 amide bonds. The van der Waals surface area contributed by atoms with E-state index >= 15 is 0 Å². The van der Waals surface area contributed by atoms with Crippen molar-refractivity contribution in [3.8, 4) is 0 Å². The van der Waals surface area contributed by atoms with Crippen LogP contribution in [0.15, 0.2) is 54.5 Å². The van der Waals surface area contributed by atoms with E-state index < -0.39 is 5.66 Å². The van der Waals surface area contributed by atoms with Crippen LogP contribution in [0, 0.1) is 0 Å². The molecule has 0 radical (unpaired) electrons. The van der Waals surface area contributed by atoms with Gasteiger partial charge in [-0.15, -0.1) is 0 Å². The Kier molecular flexibility index (Phi) is 6.44. The van der Waals surface area contributed by atoms with Gasteiger partial charge in [0.2, 0.25) is 0 Å². The fourth-order valence-corrected chi connectivity index (χ4v) is 3.61. The van der Waals surface area contributed by atoms with Gasteiger partial charge in [-0.1, -0.05) is 21.9 Å². The van der Waals surface area contributed by atoms with Crippen LogP contribution in [-0.4, -0.2) is 29.8 Å². The zero-order valence-electron chi connectivity index (χ0n) is 15.8. The summed E-state index contributed by atoms with van der Waals surface area (Å²) in [5, 5.41) is 3.40. The van der Waals surface area contributed by atoms with Crippen LogP contribution in [0.25, 0.3) is 0 Å². The van der Waals surface area contributed by atoms with E-state index in [1.165, 1.54) is 31.4 Å². The molecule has 6 heteroatoms. The van der Waals surface area contributed by atoms with Gasteiger partial charge in [0.25, 0.3) is 5.66 Å². The summed E-state index contributed by atoms with van der Waals surface area (Å²) < 4.78 is 27.1. The van der Waals surface area contributed by atoms with Gasteiger partial charge in [0.15, 0.2) is 0 Å². The number of nitrogens with one attached hydrogen (secondary N) is 1. The van der Waals surface area contributed by atoms with E-state index in [-0.39, 0.29) is 5.57 Å². The molecule has 2 heterocycles. The largest absolute Gasteiger partial charge is 0.337 e. The van der Waals surface area contributed by atoms with E-state index in [0.717, 1.165) is 37.3 Å². The topological polar surface area (TPSA) is 28.2 Å². The average molecular weight is 391 g/mol. The van der Waals surface area contributed by atoms with Crippen molar-refractivity contribution in [2.75, 3.05) is 18.0 Å². The first kappa shape index (κ1) is 20.2. The van der Waals surface area contributed by atoms with Gasteiger partial charge in [-0.2, -0.15) is 8.78 Å². The molecule has 2 aliphatic rings. The van der Waals surface area contributed by atoms with Crippen molar-refractivity contribution in [1.29, 1.82) is 0 Å². The second kappa shape index (κ2) is 8.62. The summed E-state index contributed by atoms with van der Waals surface area (Å²) in [6.07, 6.45) is 13.1. The Morgan fingerprint density at radius 1 is 1.30 bits per heavy atom. The molecule has 1 atom stereocenters. The molecule has 0 spiro atoms. The molecule has 3 rings (SSSR count). The van der Waals surface area contributed by atoms with Crippen LogP contribution in [0.3, 0.4) is 0 Å². The number of hydrogen-bond donors (Lipinski definition) is 1. The first-order chi connectivity index (χ1) is 12.9. The predicted octanol–water partition coefficient (Wildman–Crippen LogP) is 5.00. The zero-order valence-corrected chi connectivity index (χ0v) is 17.0. The fraction of sp³-hybridized carbons (Fsp3) is 0.476. The zero-order chi connectivity index (χ0) is 19.4. The Balaban J connectivity index is 2.02. The van der Waals surface area contributed by atoms with Crippen molar-refractivity contribution in [2.45, 2.75) is 50.2 Å². The van der Waals surface area contributed by atoms with Crippen LogP contribution >= 0.6 is 9.24 Å². The van der Waals surface area contributed by atoms with Crippen LogP contribution in [-0.2, 0) is 0 Å². The third kappa shape index (κ3) is 5.03. The lowest BCUT2D eigenvalue weighted by atomic mass is 10.0. The molecular weight excluding hydrogens is 363 g/mol. The summed E-state index contributed by atoms with van der Waals surface area (Å²) >= 11 is 0. The second-order valence-corrected chi connectivity index (χ2v) is 8.05. The van der Waals surface area contributed by atoms with E-state index in [2.05, 4.69) is 27.8 Å². The van der Waals surface area contributed by atoms with Gasteiger partial charge in [0.05, 0.1) is 11.9 Å². The molecule has 1 saturated heterocycles. The van der Waals surface area contributed by atoms with Crippen molar-refractivity contribution in [2.24, 2.45) is 0 Å². The normalized spacial score (nSPS) is 19.9. The number of pyridine rings is 1. The number of hydrogen-bond acceptors (Lipinski definition) is 3. The maximum atomic E-state index is 13.5. The van der Waals surface area contributed by atoms with Gasteiger partial charge >= 0.3 is 0 Å². The summed E-state index contributed by atoms with van der Waals surface area (Å²) in [5.74, 6) is 0.576. The van der Waals surface area contributed by atoms with E-state index in [9.17, 15) is 8.78 Å². The number of aromatic nitrogens is 1. The molecule has 1 aromatic heterocycles. The lowest BCUT2D eigenvalue weighted by molar-refractivity contribution is 0.147. The number of piperidine rings is 1. The number of nitrogens with zero attached hydrogens (tertiary/aromatic N) is 2. The van der Waals surface area contributed by atoms with Crippen molar-refractivity contribution >= 4 is 14.9 Å². The molecule has 146 valence electrons. The smallest absolute Gasteiger partial charge is 0.280 e. The minimum Gasteiger partial charge on any atom is -0.337 e. The van der Waals surface area contributed by atoms with Gasteiger partial charge in [-0.25, -0.2) is 0 Å². The number of alkyl halides is 2. The van der Waals surface area contributed by atoms with Crippen LogP contribution in [0.4, 0.5) is 14.5 Å². The van der Waals surface area contributed by atoms with Gasteiger partial charge in [0, 0.05) is 17.9 Å². The second-order valence-electron chi connectivity index (χ2n) is 7.33. The molecule has 0 aromatic carbocycles. The van der Waals surface area contributed by atoms with Crippen LogP contribution in [0.5, 0.6) is 0 Å². The third-order valence-corrected chi connectivity index (χ3v) is 5.76. The molecule has 0 bridgehead atoms. The standard InChI is InChI=1S/C21H28F2N3P/c1-3-17(7-4-15(2)21(22,23)27)26(18-8-11-24-12-9-18)20-14-25-13-10-19(20)16-5-6-16/h3-4,7,10,13-14,16,18,24H,1,5-6,8-9,11-12,27H2,2H3/b15-4+,17-7+. The van der Waals surface area contributed by atoms with Crippen LogP contribution < -0.4 is 10.2 Å². The minimum atomic E-state index is -2.91. The van der Waals surface area contributed by atoms with Gasteiger partial charge < -0.3 is 10.2 Å². The highest BCUT2D eigenvalue weighted by Crippen LogP contribution is 2.45. The monoisotopic (exact) mass is 391 g/mol. The van der Waals surface area contributed by atoms with Gasteiger partial charge in [0.1, 0.15) is 0 Å². The highest BCUT2D eigenvalue weighted by Gasteiger charge is 2.31. The van der Waals surface area contributed by atoms with E-state index in [1.54, 1.807) is 21.4 Å². The Hall–Kier alpha value is -1.58. The number of halogens is 2. The predicted molar refractivity (Wildman–Crippen MR) is 111 cm³/mol. The summed E-state index contributed by atoms with van der Waals surface area (Å²) in [5.41, 5.74) is 0.321. The number of rotatable bonds is 7.